The summed E-state index contributed by atoms with van der Waals surface area (Å²) in [7, 11) is 0. The molecule has 0 aromatic carbocycles. The molecule has 5 nitrogen and oxygen atoms in total. The van der Waals surface area contributed by atoms with E-state index in [1.165, 1.54) is 25.3 Å². The van der Waals surface area contributed by atoms with Crippen LogP contribution in [0.3, 0.4) is 0 Å². The molecule has 1 aromatic rings. The lowest BCUT2D eigenvalue weighted by molar-refractivity contribution is -0.144. The minimum atomic E-state index is -4.59. The fraction of sp³-hybridized carbons (Fsp3) is 0.667. The molecule has 112 valence electrons. The maximum atomic E-state index is 12.7. The molecule has 2 rings (SSSR count). The molecule has 20 heavy (non-hydrogen) atoms. The molecule has 1 aromatic heterocycles. The van der Waals surface area contributed by atoms with E-state index >= 15 is 0 Å². The van der Waals surface area contributed by atoms with Crippen LogP contribution in [-0.4, -0.2) is 16.5 Å². The van der Waals surface area contributed by atoms with E-state index in [1.54, 1.807) is 0 Å². The van der Waals surface area contributed by atoms with Gasteiger partial charge >= 0.3 is 6.18 Å². The Balaban J connectivity index is 2.06. The van der Waals surface area contributed by atoms with E-state index < -0.39 is 12.0 Å². The van der Waals surface area contributed by atoms with Crippen molar-refractivity contribution in [2.24, 2.45) is 11.8 Å². The van der Waals surface area contributed by atoms with Crippen molar-refractivity contribution in [3.05, 3.63) is 11.9 Å². The molecule has 0 bridgehead atoms. The molecular weight excluding hydrogens is 271 g/mol. The lowest BCUT2D eigenvalue weighted by atomic mass is 9.89. The molecule has 1 aliphatic rings. The van der Waals surface area contributed by atoms with Crippen LogP contribution in [0, 0.1) is 5.92 Å². The second-order valence-electron chi connectivity index (χ2n) is 4.99. The topological polar surface area (TPSA) is 75.9 Å². The second-order valence-corrected chi connectivity index (χ2v) is 4.99. The van der Waals surface area contributed by atoms with Crippen LogP contribution < -0.4 is 16.6 Å². The van der Waals surface area contributed by atoms with Crippen LogP contribution >= 0.6 is 0 Å². The van der Waals surface area contributed by atoms with Gasteiger partial charge in [0.05, 0.1) is 0 Å². The number of nitrogens with zero attached hydrogens (tertiary/aromatic N) is 2. The van der Waals surface area contributed by atoms with Crippen molar-refractivity contribution in [2.75, 3.05) is 17.3 Å². The molecule has 0 aliphatic heterocycles. The lowest BCUT2D eigenvalue weighted by Gasteiger charge is -2.22. The number of rotatable bonds is 4. The minimum Gasteiger partial charge on any atom is -0.370 e. The van der Waals surface area contributed by atoms with Crippen molar-refractivity contribution in [2.45, 2.75) is 38.3 Å². The van der Waals surface area contributed by atoms with Crippen molar-refractivity contribution >= 4 is 11.6 Å². The Kier molecular flexibility index (Phi) is 4.64. The summed E-state index contributed by atoms with van der Waals surface area (Å²) in [5.74, 6) is 4.51. The predicted octanol–water partition coefficient (Wildman–Crippen LogP) is 2.77. The molecule has 4 N–H and O–H groups in total. The zero-order valence-electron chi connectivity index (χ0n) is 11.0. The van der Waals surface area contributed by atoms with E-state index in [0.717, 1.165) is 12.8 Å². The van der Waals surface area contributed by atoms with Crippen molar-refractivity contribution in [3.8, 4) is 0 Å². The first kappa shape index (κ1) is 14.8. The third-order valence-corrected chi connectivity index (χ3v) is 3.42. The summed E-state index contributed by atoms with van der Waals surface area (Å²) < 4.78 is 38.0. The summed E-state index contributed by atoms with van der Waals surface area (Å²) in [6.45, 7) is 0.623. The Labute approximate surface area is 115 Å². The van der Waals surface area contributed by atoms with Gasteiger partial charge in [0.25, 0.3) is 0 Å². The van der Waals surface area contributed by atoms with Gasteiger partial charge in [0.15, 0.2) is 0 Å². The fourth-order valence-electron chi connectivity index (χ4n) is 2.38. The summed E-state index contributed by atoms with van der Waals surface area (Å²) >= 11 is 0. The van der Waals surface area contributed by atoms with Gasteiger partial charge in [-0.05, 0) is 18.8 Å². The van der Waals surface area contributed by atoms with Gasteiger partial charge in [-0.25, -0.2) is 15.8 Å². The van der Waals surface area contributed by atoms with Gasteiger partial charge in [-0.3, -0.25) is 0 Å². The van der Waals surface area contributed by atoms with Crippen LogP contribution in [0.1, 0.15) is 37.9 Å². The van der Waals surface area contributed by atoms with Crippen LogP contribution in [0.15, 0.2) is 6.07 Å². The number of hydrazine groups is 1. The first-order valence-electron chi connectivity index (χ1n) is 6.66. The van der Waals surface area contributed by atoms with E-state index in [-0.39, 0.29) is 11.6 Å². The third kappa shape index (κ3) is 3.96. The summed E-state index contributed by atoms with van der Waals surface area (Å²) in [4.78, 5) is 6.80. The number of halogens is 3. The van der Waals surface area contributed by atoms with Crippen LogP contribution in [0.25, 0.3) is 0 Å². The molecule has 1 fully saturated rings. The summed E-state index contributed by atoms with van der Waals surface area (Å²) in [5, 5.41) is 2.95. The number of anilines is 2. The SMILES string of the molecule is NNc1cc(NCC2CCCCC2)nc(C(F)(F)F)n1. The van der Waals surface area contributed by atoms with Crippen LogP contribution in [-0.2, 0) is 6.18 Å². The number of nitrogens with one attached hydrogen (secondary N) is 2. The molecular formula is C12H18F3N5. The van der Waals surface area contributed by atoms with Crippen molar-refractivity contribution in [1.29, 1.82) is 0 Å². The number of nitrogens with two attached hydrogens (primary N) is 1. The van der Waals surface area contributed by atoms with E-state index in [0.29, 0.717) is 12.5 Å². The molecule has 0 saturated heterocycles. The zero-order chi connectivity index (χ0) is 14.6. The van der Waals surface area contributed by atoms with Gasteiger partial charge in [0.1, 0.15) is 11.6 Å². The Morgan fingerprint density at radius 2 is 1.80 bits per heavy atom. The highest BCUT2D eigenvalue weighted by Gasteiger charge is 2.35. The normalized spacial score (nSPS) is 17.0. The van der Waals surface area contributed by atoms with Crippen LogP contribution in [0.2, 0.25) is 0 Å². The van der Waals surface area contributed by atoms with Gasteiger partial charge in [0.2, 0.25) is 5.82 Å². The highest BCUT2D eigenvalue weighted by molar-refractivity contribution is 5.47. The average Bonchev–Trinajstić information content (AvgIpc) is 2.45. The molecule has 0 spiro atoms. The van der Waals surface area contributed by atoms with E-state index in [9.17, 15) is 13.2 Å². The maximum Gasteiger partial charge on any atom is 0.451 e. The molecule has 8 heteroatoms. The van der Waals surface area contributed by atoms with E-state index in [1.807, 2.05) is 0 Å². The number of aromatic nitrogens is 2. The molecule has 0 amide bonds. The first-order chi connectivity index (χ1) is 9.49. The Bertz CT molecular complexity index is 443. The minimum absolute atomic E-state index is 0.0570. The quantitative estimate of drug-likeness (QED) is 0.587. The second kappa shape index (κ2) is 6.25. The maximum absolute atomic E-state index is 12.7. The monoisotopic (exact) mass is 289 g/mol. The summed E-state index contributed by atoms with van der Waals surface area (Å²) in [6.07, 6.45) is 1.22. The van der Waals surface area contributed by atoms with Crippen molar-refractivity contribution in [1.82, 2.24) is 9.97 Å². The molecule has 0 atom stereocenters. The van der Waals surface area contributed by atoms with E-state index in [2.05, 4.69) is 20.7 Å². The van der Waals surface area contributed by atoms with Gasteiger partial charge in [0, 0.05) is 12.6 Å². The highest BCUT2D eigenvalue weighted by atomic mass is 19.4. The fourth-order valence-corrected chi connectivity index (χ4v) is 2.38. The van der Waals surface area contributed by atoms with Gasteiger partial charge in [-0.15, -0.1) is 0 Å². The molecule has 0 unspecified atom stereocenters. The Morgan fingerprint density at radius 3 is 2.40 bits per heavy atom. The predicted molar refractivity (Wildman–Crippen MR) is 69.9 cm³/mol. The lowest BCUT2D eigenvalue weighted by Crippen LogP contribution is -2.20. The molecule has 0 radical (unpaired) electrons. The Hall–Kier alpha value is -1.57. The van der Waals surface area contributed by atoms with Crippen molar-refractivity contribution in [3.63, 3.8) is 0 Å². The Morgan fingerprint density at radius 1 is 1.15 bits per heavy atom. The number of hydrogen-bond donors (Lipinski definition) is 3. The van der Waals surface area contributed by atoms with E-state index in [4.69, 9.17) is 5.84 Å². The van der Waals surface area contributed by atoms with Crippen molar-refractivity contribution < 1.29 is 13.2 Å². The summed E-state index contributed by atoms with van der Waals surface area (Å²) in [5.41, 5.74) is 2.13. The first-order valence-corrected chi connectivity index (χ1v) is 6.66. The highest BCUT2D eigenvalue weighted by Crippen LogP contribution is 2.29. The smallest absolute Gasteiger partial charge is 0.370 e. The van der Waals surface area contributed by atoms with Gasteiger partial charge in [-0.1, -0.05) is 19.3 Å². The van der Waals surface area contributed by atoms with Crippen LogP contribution in [0.4, 0.5) is 24.8 Å². The van der Waals surface area contributed by atoms with Gasteiger partial charge in [-0.2, -0.15) is 13.2 Å². The number of hydrogen-bond acceptors (Lipinski definition) is 5. The standard InChI is InChI=1S/C12H18F3N5/c13-12(14,15)11-18-9(6-10(19-11)20-16)17-7-8-4-2-1-3-5-8/h6,8H,1-5,7,16H2,(H2,17,18,19,20). The largest absolute Gasteiger partial charge is 0.451 e. The summed E-state index contributed by atoms with van der Waals surface area (Å²) in [6, 6.07) is 1.37. The molecule has 1 saturated carbocycles. The van der Waals surface area contributed by atoms with Crippen LogP contribution in [0.5, 0.6) is 0 Å². The molecule has 1 heterocycles. The average molecular weight is 289 g/mol. The third-order valence-electron chi connectivity index (χ3n) is 3.42. The number of alkyl halides is 3. The van der Waals surface area contributed by atoms with Gasteiger partial charge < -0.3 is 10.7 Å². The zero-order valence-corrected chi connectivity index (χ0v) is 11.0. The molecule has 1 aliphatic carbocycles. The number of nitrogen functional groups attached to an aromatic ring is 1.